The maximum Gasteiger partial charge on any atom is 0.327 e. The number of tetrazole rings is 1. The largest absolute Gasteiger partial charge is 0.468 e. The average Bonchev–Trinajstić information content (AvgIpc) is 2.82. The van der Waals surface area contributed by atoms with Gasteiger partial charge < -0.3 is 9.64 Å². The van der Waals surface area contributed by atoms with E-state index in [-0.39, 0.29) is 12.5 Å². The van der Waals surface area contributed by atoms with E-state index in [9.17, 15) is 4.79 Å². The molecule has 102 valence electrons. The number of esters is 1. The Hall–Kier alpha value is -1.15. The molecule has 0 N–H and O–H groups in total. The van der Waals surface area contributed by atoms with Gasteiger partial charge in [0.25, 0.3) is 0 Å². The fraction of sp³-hybridized carbons (Fsp3) is 0.800. The third-order valence-electron chi connectivity index (χ3n) is 2.54. The summed E-state index contributed by atoms with van der Waals surface area (Å²) in [5, 5.41) is 11.9. The minimum Gasteiger partial charge on any atom is -0.468 e. The van der Waals surface area contributed by atoms with Crippen LogP contribution in [0, 0.1) is 0 Å². The van der Waals surface area contributed by atoms with Gasteiger partial charge in [-0.25, -0.2) is 4.68 Å². The monoisotopic (exact) mass is 273 g/mol. The van der Waals surface area contributed by atoms with Crippen LogP contribution < -0.4 is 0 Å². The Morgan fingerprint density at radius 1 is 1.44 bits per heavy atom. The summed E-state index contributed by atoms with van der Waals surface area (Å²) in [5.41, 5.74) is 0. The lowest BCUT2D eigenvalue weighted by molar-refractivity contribution is -0.141. The molecular formula is C10H19N5O2S. The molecule has 0 bridgehead atoms. The molecule has 0 aliphatic heterocycles. The predicted molar refractivity (Wildman–Crippen MR) is 68.3 cm³/mol. The number of methoxy groups -OCH3 is 1. The van der Waals surface area contributed by atoms with Crippen molar-refractivity contribution in [1.29, 1.82) is 0 Å². The van der Waals surface area contributed by atoms with Crippen LogP contribution >= 0.6 is 11.8 Å². The number of carbonyl (C=O) groups excluding carboxylic acids is 1. The van der Waals surface area contributed by atoms with Gasteiger partial charge in [0.15, 0.2) is 0 Å². The summed E-state index contributed by atoms with van der Waals surface area (Å²) < 4.78 is 6.04. The Balaban J connectivity index is 2.42. The second-order valence-electron chi connectivity index (χ2n) is 3.57. The molecule has 0 radical (unpaired) electrons. The van der Waals surface area contributed by atoms with Crippen LogP contribution in [-0.2, 0) is 16.1 Å². The number of rotatable bonds is 8. The molecule has 0 amide bonds. The summed E-state index contributed by atoms with van der Waals surface area (Å²) in [5.74, 6) is 0.538. The first-order chi connectivity index (χ1) is 8.71. The van der Waals surface area contributed by atoms with Gasteiger partial charge in [-0.1, -0.05) is 25.6 Å². The molecule has 0 spiro atoms. The lowest BCUT2D eigenvalue weighted by Crippen LogP contribution is -2.25. The molecule has 0 aromatic carbocycles. The van der Waals surface area contributed by atoms with Gasteiger partial charge in [0.05, 0.1) is 7.11 Å². The maximum atomic E-state index is 11.1. The molecule has 1 heterocycles. The van der Waals surface area contributed by atoms with E-state index in [1.165, 1.54) is 11.8 Å². The number of carbonyl (C=O) groups is 1. The van der Waals surface area contributed by atoms with E-state index in [0.717, 1.165) is 25.4 Å². The van der Waals surface area contributed by atoms with Gasteiger partial charge in [-0.05, 0) is 23.5 Å². The van der Waals surface area contributed by atoms with Crippen LogP contribution in [0.25, 0.3) is 0 Å². The molecule has 0 fully saturated rings. The highest BCUT2D eigenvalue weighted by Crippen LogP contribution is 2.13. The standard InChI is InChI=1S/C10H19N5O2S/c1-4-14(5-2)6-7-18-10-11-12-13-15(10)8-9(16)17-3/h4-8H2,1-3H3. The zero-order valence-corrected chi connectivity index (χ0v) is 11.8. The van der Waals surface area contributed by atoms with E-state index in [4.69, 9.17) is 0 Å². The zero-order valence-electron chi connectivity index (χ0n) is 11.0. The third kappa shape index (κ3) is 4.61. The predicted octanol–water partition coefficient (Wildman–Crippen LogP) is 0.280. The molecule has 0 aliphatic rings. The van der Waals surface area contributed by atoms with E-state index in [1.54, 1.807) is 11.8 Å². The summed E-state index contributed by atoms with van der Waals surface area (Å²) in [7, 11) is 1.35. The number of thioether (sulfide) groups is 1. The van der Waals surface area contributed by atoms with Crippen LogP contribution in [-0.4, -0.2) is 63.6 Å². The number of hydrogen-bond acceptors (Lipinski definition) is 7. The van der Waals surface area contributed by atoms with Crippen molar-refractivity contribution in [2.45, 2.75) is 25.5 Å². The number of hydrogen-bond donors (Lipinski definition) is 0. The summed E-state index contributed by atoms with van der Waals surface area (Å²) in [6.07, 6.45) is 0. The number of aromatic nitrogens is 4. The van der Waals surface area contributed by atoms with Crippen molar-refractivity contribution in [3.8, 4) is 0 Å². The van der Waals surface area contributed by atoms with E-state index in [1.807, 2.05) is 0 Å². The van der Waals surface area contributed by atoms with E-state index in [0.29, 0.717) is 5.16 Å². The SMILES string of the molecule is CCN(CC)CCSc1nnnn1CC(=O)OC. The first kappa shape index (κ1) is 14.9. The molecule has 8 heteroatoms. The van der Waals surface area contributed by atoms with Gasteiger partial charge in [0, 0.05) is 12.3 Å². The van der Waals surface area contributed by atoms with Gasteiger partial charge in [-0.15, -0.1) is 5.10 Å². The highest BCUT2D eigenvalue weighted by Gasteiger charge is 2.11. The van der Waals surface area contributed by atoms with Gasteiger partial charge in [-0.3, -0.25) is 4.79 Å². The molecule has 0 unspecified atom stereocenters. The minimum absolute atomic E-state index is 0.0527. The maximum absolute atomic E-state index is 11.1. The summed E-state index contributed by atoms with van der Waals surface area (Å²) >= 11 is 1.54. The van der Waals surface area contributed by atoms with Crippen LogP contribution in [0.2, 0.25) is 0 Å². The molecule has 0 atom stereocenters. The Kier molecular flexibility index (Phi) is 6.66. The smallest absolute Gasteiger partial charge is 0.327 e. The fourth-order valence-corrected chi connectivity index (χ4v) is 2.27. The van der Waals surface area contributed by atoms with Gasteiger partial charge in [-0.2, -0.15) is 0 Å². The van der Waals surface area contributed by atoms with Crippen LogP contribution in [0.15, 0.2) is 5.16 Å². The fourth-order valence-electron chi connectivity index (χ4n) is 1.39. The zero-order chi connectivity index (χ0) is 13.4. The Labute approximate surface area is 111 Å². The lowest BCUT2D eigenvalue weighted by Gasteiger charge is -2.16. The molecule has 0 aliphatic carbocycles. The molecule has 18 heavy (non-hydrogen) atoms. The quantitative estimate of drug-likeness (QED) is 0.497. The molecule has 0 saturated carbocycles. The molecule has 0 saturated heterocycles. The second kappa shape index (κ2) is 8.04. The van der Waals surface area contributed by atoms with Crippen molar-refractivity contribution in [2.24, 2.45) is 0 Å². The van der Waals surface area contributed by atoms with Crippen molar-refractivity contribution in [3.63, 3.8) is 0 Å². The topological polar surface area (TPSA) is 73.1 Å². The summed E-state index contributed by atoms with van der Waals surface area (Å²) in [6, 6.07) is 0. The Morgan fingerprint density at radius 2 is 2.17 bits per heavy atom. The van der Waals surface area contributed by atoms with Crippen LogP contribution in [0.3, 0.4) is 0 Å². The average molecular weight is 273 g/mol. The van der Waals surface area contributed by atoms with Crippen LogP contribution in [0.5, 0.6) is 0 Å². The molecule has 1 aromatic heterocycles. The highest BCUT2D eigenvalue weighted by atomic mass is 32.2. The molecule has 1 aromatic rings. The van der Waals surface area contributed by atoms with Crippen molar-refractivity contribution < 1.29 is 9.53 Å². The second-order valence-corrected chi connectivity index (χ2v) is 4.63. The highest BCUT2D eigenvalue weighted by molar-refractivity contribution is 7.99. The third-order valence-corrected chi connectivity index (χ3v) is 3.48. The Bertz CT molecular complexity index is 367. The van der Waals surface area contributed by atoms with Crippen LogP contribution in [0.4, 0.5) is 0 Å². The Morgan fingerprint density at radius 3 is 2.78 bits per heavy atom. The van der Waals surface area contributed by atoms with Gasteiger partial charge >= 0.3 is 5.97 Å². The number of ether oxygens (including phenoxy) is 1. The molecular weight excluding hydrogens is 254 g/mol. The minimum atomic E-state index is -0.354. The van der Waals surface area contributed by atoms with Crippen molar-refractivity contribution >= 4 is 17.7 Å². The molecule has 1 rings (SSSR count). The van der Waals surface area contributed by atoms with Gasteiger partial charge in [0.2, 0.25) is 5.16 Å². The van der Waals surface area contributed by atoms with Gasteiger partial charge in [0.1, 0.15) is 6.54 Å². The molecule has 7 nitrogen and oxygen atoms in total. The first-order valence-corrected chi connectivity index (χ1v) is 6.87. The van der Waals surface area contributed by atoms with Crippen molar-refractivity contribution in [2.75, 3.05) is 32.5 Å². The summed E-state index contributed by atoms with van der Waals surface area (Å²) in [4.78, 5) is 13.5. The first-order valence-electron chi connectivity index (χ1n) is 5.89. The van der Waals surface area contributed by atoms with E-state index >= 15 is 0 Å². The van der Waals surface area contributed by atoms with E-state index < -0.39 is 0 Å². The summed E-state index contributed by atoms with van der Waals surface area (Å²) in [6.45, 7) is 7.36. The van der Waals surface area contributed by atoms with Crippen LogP contribution in [0.1, 0.15) is 13.8 Å². The van der Waals surface area contributed by atoms with Crippen molar-refractivity contribution in [1.82, 2.24) is 25.1 Å². The lowest BCUT2D eigenvalue weighted by atomic mass is 10.5. The normalized spacial score (nSPS) is 10.9. The number of nitrogens with zero attached hydrogens (tertiary/aromatic N) is 5. The van der Waals surface area contributed by atoms with E-state index in [2.05, 4.69) is 39.0 Å². The van der Waals surface area contributed by atoms with Crippen molar-refractivity contribution in [3.05, 3.63) is 0 Å².